The maximum Gasteiger partial charge on any atom is 0.328 e. The monoisotopic (exact) mass is 359 g/mol. The minimum atomic E-state index is -0.599. The van der Waals surface area contributed by atoms with E-state index in [2.05, 4.69) is 10.3 Å². The number of aryl methyl sites for hydroxylation is 1. The molecule has 2 heterocycles. The summed E-state index contributed by atoms with van der Waals surface area (Å²) in [5.74, 6) is 1.30. The summed E-state index contributed by atoms with van der Waals surface area (Å²) in [4.78, 5) is 37.4. The minimum absolute atomic E-state index is 0.132. The SMILES string of the molecule is COc1cccc2c1OCC(CNC(=O)Cn1cc(C)c(=O)[nH]c1=O)C2. The van der Waals surface area contributed by atoms with Crippen LogP contribution in [0.1, 0.15) is 11.1 Å². The van der Waals surface area contributed by atoms with Crippen LogP contribution in [0.5, 0.6) is 11.5 Å². The number of nitrogens with one attached hydrogen (secondary N) is 2. The second-order valence-corrected chi connectivity index (χ2v) is 6.33. The molecule has 0 bridgehead atoms. The van der Waals surface area contributed by atoms with E-state index < -0.39 is 11.2 Å². The van der Waals surface area contributed by atoms with E-state index >= 15 is 0 Å². The van der Waals surface area contributed by atoms with Crippen molar-refractivity contribution in [2.75, 3.05) is 20.3 Å². The summed E-state index contributed by atoms with van der Waals surface area (Å²) >= 11 is 0. The van der Waals surface area contributed by atoms with Crippen molar-refractivity contribution in [2.24, 2.45) is 5.92 Å². The molecule has 8 heteroatoms. The van der Waals surface area contributed by atoms with Gasteiger partial charge in [-0.15, -0.1) is 0 Å². The van der Waals surface area contributed by atoms with Gasteiger partial charge in [0.05, 0.1) is 13.7 Å². The van der Waals surface area contributed by atoms with E-state index in [1.54, 1.807) is 14.0 Å². The molecule has 8 nitrogen and oxygen atoms in total. The lowest BCUT2D eigenvalue weighted by Crippen LogP contribution is -2.39. The molecule has 1 unspecified atom stereocenters. The molecule has 1 aromatic heterocycles. The van der Waals surface area contributed by atoms with Crippen molar-refractivity contribution in [1.82, 2.24) is 14.9 Å². The number of methoxy groups -OCH3 is 1. The zero-order valence-electron chi connectivity index (χ0n) is 14.7. The third kappa shape index (κ3) is 3.79. The molecule has 1 aliphatic heterocycles. The maximum atomic E-state index is 12.1. The van der Waals surface area contributed by atoms with Gasteiger partial charge >= 0.3 is 5.69 Å². The van der Waals surface area contributed by atoms with Crippen LogP contribution in [0.3, 0.4) is 0 Å². The van der Waals surface area contributed by atoms with Crippen LogP contribution in [0, 0.1) is 12.8 Å². The highest BCUT2D eigenvalue weighted by Gasteiger charge is 2.23. The fourth-order valence-electron chi connectivity index (χ4n) is 2.95. The van der Waals surface area contributed by atoms with Crippen molar-refractivity contribution in [3.63, 3.8) is 0 Å². The number of fused-ring (bicyclic) bond motifs is 1. The van der Waals surface area contributed by atoms with Gasteiger partial charge in [-0.2, -0.15) is 0 Å². The number of aromatic amines is 1. The first kappa shape index (κ1) is 17.8. The molecule has 1 atom stereocenters. The Hall–Kier alpha value is -3.03. The van der Waals surface area contributed by atoms with Crippen molar-refractivity contribution in [3.8, 4) is 11.5 Å². The molecule has 0 fully saturated rings. The number of aromatic nitrogens is 2. The summed E-state index contributed by atoms with van der Waals surface area (Å²) in [6.45, 7) is 2.35. The van der Waals surface area contributed by atoms with Crippen molar-refractivity contribution >= 4 is 5.91 Å². The number of carbonyl (C=O) groups excluding carboxylic acids is 1. The fourth-order valence-corrected chi connectivity index (χ4v) is 2.95. The molecule has 1 amide bonds. The number of rotatable bonds is 5. The summed E-state index contributed by atoms with van der Waals surface area (Å²) in [7, 11) is 1.60. The molecule has 1 aromatic carbocycles. The first-order valence-electron chi connectivity index (χ1n) is 8.33. The molecule has 1 aliphatic rings. The van der Waals surface area contributed by atoms with E-state index in [1.807, 2.05) is 18.2 Å². The lowest BCUT2D eigenvalue weighted by Gasteiger charge is -2.26. The number of para-hydroxylation sites is 1. The minimum Gasteiger partial charge on any atom is -0.493 e. The van der Waals surface area contributed by atoms with Gasteiger partial charge in [-0.3, -0.25) is 19.1 Å². The van der Waals surface area contributed by atoms with E-state index in [9.17, 15) is 14.4 Å². The maximum absolute atomic E-state index is 12.1. The second-order valence-electron chi connectivity index (χ2n) is 6.33. The van der Waals surface area contributed by atoms with Gasteiger partial charge in [-0.25, -0.2) is 4.79 Å². The lowest BCUT2D eigenvalue weighted by atomic mass is 9.96. The number of amides is 1. The number of hydrogen-bond acceptors (Lipinski definition) is 5. The summed E-state index contributed by atoms with van der Waals surface area (Å²) in [6, 6.07) is 5.74. The zero-order valence-corrected chi connectivity index (χ0v) is 14.7. The van der Waals surface area contributed by atoms with Crippen molar-refractivity contribution < 1.29 is 14.3 Å². The summed E-state index contributed by atoms with van der Waals surface area (Å²) in [6.07, 6.45) is 2.15. The molecular weight excluding hydrogens is 338 g/mol. The molecule has 3 rings (SSSR count). The van der Waals surface area contributed by atoms with Gasteiger partial charge in [0, 0.05) is 24.2 Å². The van der Waals surface area contributed by atoms with Gasteiger partial charge < -0.3 is 14.8 Å². The van der Waals surface area contributed by atoms with Gasteiger partial charge in [-0.1, -0.05) is 12.1 Å². The number of H-pyrrole nitrogens is 1. The molecule has 0 spiro atoms. The molecular formula is C18H21N3O5. The predicted molar refractivity (Wildman–Crippen MR) is 94.8 cm³/mol. The summed E-state index contributed by atoms with van der Waals surface area (Å²) < 4.78 is 12.3. The second kappa shape index (κ2) is 7.47. The topological polar surface area (TPSA) is 102 Å². The van der Waals surface area contributed by atoms with Gasteiger partial charge in [0.25, 0.3) is 5.56 Å². The van der Waals surface area contributed by atoms with Crippen molar-refractivity contribution in [1.29, 1.82) is 0 Å². The van der Waals surface area contributed by atoms with Crippen LogP contribution in [-0.2, 0) is 17.8 Å². The van der Waals surface area contributed by atoms with Crippen LogP contribution in [0.4, 0.5) is 0 Å². The van der Waals surface area contributed by atoms with E-state index in [1.165, 1.54) is 10.8 Å². The molecule has 0 saturated carbocycles. The number of carbonyl (C=O) groups is 1. The predicted octanol–water partition coefficient (Wildman–Crippen LogP) is 0.221. The van der Waals surface area contributed by atoms with Crippen LogP contribution < -0.4 is 26.0 Å². The van der Waals surface area contributed by atoms with Crippen LogP contribution in [0.2, 0.25) is 0 Å². The normalized spacial score (nSPS) is 15.7. The Morgan fingerprint density at radius 3 is 3.00 bits per heavy atom. The highest BCUT2D eigenvalue weighted by molar-refractivity contribution is 5.75. The molecule has 2 aromatic rings. The average molecular weight is 359 g/mol. The van der Waals surface area contributed by atoms with E-state index in [0.29, 0.717) is 24.5 Å². The first-order chi connectivity index (χ1) is 12.5. The van der Waals surface area contributed by atoms with Gasteiger partial charge in [0.1, 0.15) is 6.54 Å². The summed E-state index contributed by atoms with van der Waals surface area (Å²) in [5.41, 5.74) is 0.379. The van der Waals surface area contributed by atoms with Crippen molar-refractivity contribution in [3.05, 3.63) is 56.4 Å². The molecule has 0 radical (unpaired) electrons. The molecule has 2 N–H and O–H groups in total. The number of hydrogen-bond donors (Lipinski definition) is 2. The Kier molecular flexibility index (Phi) is 5.11. The Labute approximate surface area is 149 Å². The Morgan fingerprint density at radius 1 is 1.42 bits per heavy atom. The van der Waals surface area contributed by atoms with Gasteiger partial charge in [-0.05, 0) is 25.0 Å². The van der Waals surface area contributed by atoms with Crippen LogP contribution in [0.25, 0.3) is 0 Å². The lowest BCUT2D eigenvalue weighted by molar-refractivity contribution is -0.122. The largest absolute Gasteiger partial charge is 0.493 e. The Morgan fingerprint density at radius 2 is 2.23 bits per heavy atom. The van der Waals surface area contributed by atoms with Crippen molar-refractivity contribution in [2.45, 2.75) is 19.9 Å². The average Bonchev–Trinajstić information content (AvgIpc) is 2.63. The molecule has 26 heavy (non-hydrogen) atoms. The zero-order chi connectivity index (χ0) is 18.7. The van der Waals surface area contributed by atoms with Crippen LogP contribution >= 0.6 is 0 Å². The fraction of sp³-hybridized carbons (Fsp3) is 0.389. The number of benzene rings is 1. The van der Waals surface area contributed by atoms with Gasteiger partial charge in [0.15, 0.2) is 11.5 Å². The number of ether oxygens (including phenoxy) is 2. The summed E-state index contributed by atoms with van der Waals surface area (Å²) in [5, 5.41) is 2.82. The smallest absolute Gasteiger partial charge is 0.328 e. The quantitative estimate of drug-likeness (QED) is 0.795. The highest BCUT2D eigenvalue weighted by Crippen LogP contribution is 2.35. The molecule has 0 aliphatic carbocycles. The molecule has 138 valence electrons. The van der Waals surface area contributed by atoms with Crippen LogP contribution in [0.15, 0.2) is 34.0 Å². The third-order valence-electron chi connectivity index (χ3n) is 4.34. The van der Waals surface area contributed by atoms with E-state index in [-0.39, 0.29) is 18.4 Å². The van der Waals surface area contributed by atoms with E-state index in [4.69, 9.17) is 9.47 Å². The standard InChI is InChI=1S/C18H21N3O5/c1-11-8-21(18(24)20-17(11)23)9-15(22)19-7-12-6-13-4-3-5-14(25-2)16(13)26-10-12/h3-5,8,12H,6-7,9-10H2,1-2H3,(H,19,22)(H,20,23,24). The van der Waals surface area contributed by atoms with Gasteiger partial charge in [0.2, 0.25) is 5.91 Å². The highest BCUT2D eigenvalue weighted by atomic mass is 16.5. The van der Waals surface area contributed by atoms with E-state index in [0.717, 1.165) is 17.7 Å². The number of nitrogens with zero attached hydrogens (tertiary/aromatic N) is 1. The first-order valence-corrected chi connectivity index (χ1v) is 8.33. The third-order valence-corrected chi connectivity index (χ3v) is 4.34. The molecule has 0 saturated heterocycles. The Bertz CT molecular complexity index is 931. The Balaban J connectivity index is 1.58. The van der Waals surface area contributed by atoms with Crippen LogP contribution in [-0.4, -0.2) is 35.7 Å².